The first kappa shape index (κ1) is 37.2. The minimum Gasteiger partial charge on any atom is -0.507 e. The number of ether oxygens (including phenoxy) is 4. The summed E-state index contributed by atoms with van der Waals surface area (Å²) < 4.78 is 22.2. The first-order chi connectivity index (χ1) is 24.4. The van der Waals surface area contributed by atoms with Crippen LogP contribution in [0.2, 0.25) is 0 Å². The molecule has 50 heavy (non-hydrogen) atoms. The molecule has 0 amide bonds. The van der Waals surface area contributed by atoms with Crippen molar-refractivity contribution >= 4 is 24.4 Å². The molecule has 0 bridgehead atoms. The topological polar surface area (TPSA) is 136 Å². The van der Waals surface area contributed by atoms with Crippen LogP contribution in [-0.4, -0.2) is 60.9 Å². The second kappa shape index (κ2) is 20.0. The van der Waals surface area contributed by atoms with Gasteiger partial charge in [0.1, 0.15) is 34.5 Å². The fraction of sp³-hybridized carbons (Fsp3) is 0.300. The molecule has 2 N–H and O–H groups in total. The standard InChI is InChI=1S/C40H44N2O8/c1-3-5-7-23-47-33-15-9-29(10-16-33)39(45)49-35-19-13-31(37(43)25-35)27-41-21-22-42-28-32-14-20-36(26-38(32)44)50-40(46)30-11-17-34(18-12-30)48-24-8-6-4-2/h9-20,25-28,43-44H,3-8,21-24H2,1-2H3. The van der Waals surface area contributed by atoms with Crippen molar-refractivity contribution in [3.8, 4) is 34.5 Å². The van der Waals surface area contributed by atoms with E-state index < -0.39 is 11.9 Å². The SMILES string of the molecule is CCCCCOc1ccc(C(=O)Oc2ccc(C=NCCN=Cc3ccc(OC(=O)c4ccc(OCCCCC)cc4)cc3O)c(O)c2)cc1. The van der Waals surface area contributed by atoms with Crippen molar-refractivity contribution in [1.82, 2.24) is 0 Å². The second-order valence-electron chi connectivity index (χ2n) is 11.5. The maximum atomic E-state index is 12.6. The number of unbranched alkanes of at least 4 members (excludes halogenated alkanes) is 4. The Morgan fingerprint density at radius 1 is 0.560 bits per heavy atom. The van der Waals surface area contributed by atoms with Crippen LogP contribution in [0.5, 0.6) is 34.5 Å². The van der Waals surface area contributed by atoms with E-state index in [0.29, 0.717) is 60.1 Å². The van der Waals surface area contributed by atoms with Gasteiger partial charge < -0.3 is 29.2 Å². The summed E-state index contributed by atoms with van der Waals surface area (Å²) in [5, 5.41) is 20.8. The zero-order valence-corrected chi connectivity index (χ0v) is 28.5. The number of carbonyl (C=O) groups excluding carboxylic acids is 2. The third-order valence-electron chi connectivity index (χ3n) is 7.46. The molecule has 4 aromatic carbocycles. The smallest absolute Gasteiger partial charge is 0.343 e. The number of aliphatic imine (C=N–C) groups is 2. The molecule has 0 spiro atoms. The van der Waals surface area contributed by atoms with Crippen LogP contribution in [0.1, 0.15) is 84.2 Å². The number of phenolic OH excluding ortho intramolecular Hbond substituents is 2. The largest absolute Gasteiger partial charge is 0.507 e. The van der Waals surface area contributed by atoms with E-state index >= 15 is 0 Å². The molecule has 0 fully saturated rings. The summed E-state index contributed by atoms with van der Waals surface area (Å²) >= 11 is 0. The highest BCUT2D eigenvalue weighted by Gasteiger charge is 2.12. The Balaban J connectivity index is 1.19. The lowest BCUT2D eigenvalue weighted by Gasteiger charge is -2.08. The highest BCUT2D eigenvalue weighted by atomic mass is 16.5. The molecule has 0 aliphatic rings. The molecule has 0 saturated heterocycles. The van der Waals surface area contributed by atoms with Crippen molar-refractivity contribution < 1.29 is 38.7 Å². The molecule has 0 atom stereocenters. The Labute approximate surface area is 293 Å². The zero-order chi connectivity index (χ0) is 35.6. The Morgan fingerprint density at radius 2 is 0.940 bits per heavy atom. The second-order valence-corrected chi connectivity index (χ2v) is 11.5. The summed E-state index contributed by atoms with van der Waals surface area (Å²) in [6.45, 7) is 6.18. The van der Waals surface area contributed by atoms with Crippen molar-refractivity contribution in [1.29, 1.82) is 0 Å². The van der Waals surface area contributed by atoms with Crippen LogP contribution in [0.25, 0.3) is 0 Å². The lowest BCUT2D eigenvalue weighted by molar-refractivity contribution is 0.0724. The van der Waals surface area contributed by atoms with Crippen LogP contribution in [0.4, 0.5) is 0 Å². The number of rotatable bonds is 19. The van der Waals surface area contributed by atoms with E-state index in [1.54, 1.807) is 72.8 Å². The predicted octanol–water partition coefficient (Wildman–Crippen LogP) is 8.21. The van der Waals surface area contributed by atoms with E-state index in [1.807, 2.05) is 0 Å². The number of hydrogen-bond donors (Lipinski definition) is 2. The average Bonchev–Trinajstić information content (AvgIpc) is 3.12. The Morgan fingerprint density at radius 3 is 1.30 bits per heavy atom. The fourth-order valence-corrected chi connectivity index (χ4v) is 4.62. The normalized spacial score (nSPS) is 11.2. The third-order valence-corrected chi connectivity index (χ3v) is 7.46. The summed E-state index contributed by atoms with van der Waals surface area (Å²) in [5.74, 6) is 0.512. The summed E-state index contributed by atoms with van der Waals surface area (Å²) in [7, 11) is 0. The Kier molecular flexibility index (Phi) is 14.9. The molecule has 10 nitrogen and oxygen atoms in total. The molecule has 0 aromatic heterocycles. The van der Waals surface area contributed by atoms with Crippen molar-refractivity contribution in [2.75, 3.05) is 26.3 Å². The van der Waals surface area contributed by atoms with Gasteiger partial charge in [-0.3, -0.25) is 9.98 Å². The van der Waals surface area contributed by atoms with E-state index in [1.165, 1.54) is 24.6 Å². The van der Waals surface area contributed by atoms with E-state index in [2.05, 4.69) is 23.8 Å². The van der Waals surface area contributed by atoms with Crippen LogP contribution < -0.4 is 18.9 Å². The van der Waals surface area contributed by atoms with Crippen LogP contribution in [0.3, 0.4) is 0 Å². The average molecular weight is 681 g/mol. The lowest BCUT2D eigenvalue weighted by Crippen LogP contribution is -2.08. The van der Waals surface area contributed by atoms with Gasteiger partial charge in [-0.05, 0) is 85.6 Å². The van der Waals surface area contributed by atoms with Gasteiger partial charge in [0.25, 0.3) is 0 Å². The van der Waals surface area contributed by atoms with Crippen molar-refractivity contribution in [2.24, 2.45) is 9.98 Å². The van der Waals surface area contributed by atoms with Crippen molar-refractivity contribution in [3.05, 3.63) is 107 Å². The molecule has 0 aliphatic carbocycles. The van der Waals surface area contributed by atoms with Crippen molar-refractivity contribution in [2.45, 2.75) is 52.4 Å². The number of carbonyl (C=O) groups is 2. The lowest BCUT2D eigenvalue weighted by atomic mass is 10.2. The summed E-state index contributed by atoms with van der Waals surface area (Å²) in [4.78, 5) is 33.7. The van der Waals surface area contributed by atoms with Gasteiger partial charge in [0, 0.05) is 35.7 Å². The number of nitrogens with zero attached hydrogens (tertiary/aromatic N) is 2. The predicted molar refractivity (Wildman–Crippen MR) is 194 cm³/mol. The minimum atomic E-state index is -0.548. The van der Waals surface area contributed by atoms with E-state index in [-0.39, 0.29) is 23.0 Å². The van der Waals surface area contributed by atoms with Gasteiger partial charge >= 0.3 is 11.9 Å². The first-order valence-electron chi connectivity index (χ1n) is 16.9. The molecular weight excluding hydrogens is 636 g/mol. The molecule has 0 saturated carbocycles. The molecule has 4 rings (SSSR count). The maximum Gasteiger partial charge on any atom is 0.343 e. The Hall–Kier alpha value is -5.64. The van der Waals surface area contributed by atoms with Gasteiger partial charge in [0.15, 0.2) is 0 Å². The van der Waals surface area contributed by atoms with Gasteiger partial charge in [0.05, 0.1) is 37.4 Å². The van der Waals surface area contributed by atoms with Crippen LogP contribution in [-0.2, 0) is 0 Å². The third kappa shape index (κ3) is 12.1. The van der Waals surface area contributed by atoms with Crippen molar-refractivity contribution in [3.63, 3.8) is 0 Å². The minimum absolute atomic E-state index is 0.0899. The summed E-state index contributed by atoms with van der Waals surface area (Å²) in [5.41, 5.74) is 1.64. The number of aromatic hydroxyl groups is 2. The van der Waals surface area contributed by atoms with Gasteiger partial charge in [0.2, 0.25) is 0 Å². The highest BCUT2D eigenvalue weighted by molar-refractivity contribution is 5.92. The number of benzene rings is 4. The molecule has 0 aliphatic heterocycles. The van der Waals surface area contributed by atoms with Gasteiger partial charge in [-0.2, -0.15) is 0 Å². The summed E-state index contributed by atoms with van der Waals surface area (Å²) in [6.07, 6.45) is 9.42. The molecule has 262 valence electrons. The first-order valence-corrected chi connectivity index (χ1v) is 16.9. The van der Waals surface area contributed by atoms with E-state index in [9.17, 15) is 19.8 Å². The zero-order valence-electron chi connectivity index (χ0n) is 28.5. The number of phenols is 2. The number of hydrogen-bond acceptors (Lipinski definition) is 10. The Bertz CT molecular complexity index is 1600. The fourth-order valence-electron chi connectivity index (χ4n) is 4.62. The summed E-state index contributed by atoms with van der Waals surface area (Å²) in [6, 6.07) is 22.6. The van der Waals surface area contributed by atoms with Gasteiger partial charge in [-0.1, -0.05) is 39.5 Å². The van der Waals surface area contributed by atoms with Crippen LogP contribution >= 0.6 is 0 Å². The van der Waals surface area contributed by atoms with E-state index in [4.69, 9.17) is 18.9 Å². The van der Waals surface area contributed by atoms with Crippen LogP contribution in [0.15, 0.2) is 94.9 Å². The maximum absolute atomic E-state index is 12.6. The van der Waals surface area contributed by atoms with Gasteiger partial charge in [-0.25, -0.2) is 9.59 Å². The quantitative estimate of drug-likeness (QED) is 0.0438. The molecule has 4 aromatic rings. The molecular formula is C40H44N2O8. The van der Waals surface area contributed by atoms with Crippen LogP contribution in [0, 0.1) is 0 Å². The van der Waals surface area contributed by atoms with Gasteiger partial charge in [-0.15, -0.1) is 0 Å². The number of esters is 2. The molecule has 0 radical (unpaired) electrons. The van der Waals surface area contributed by atoms with E-state index in [0.717, 1.165) is 38.5 Å². The monoisotopic (exact) mass is 680 g/mol. The molecule has 10 heteroatoms. The highest BCUT2D eigenvalue weighted by Crippen LogP contribution is 2.25. The molecule has 0 heterocycles. The molecule has 0 unspecified atom stereocenters.